The first kappa shape index (κ1) is 19.2. The number of rotatable bonds is 5. The van der Waals surface area contributed by atoms with Gasteiger partial charge in [-0.1, -0.05) is 33.1 Å². The Morgan fingerprint density at radius 1 is 1.04 bits per heavy atom. The van der Waals surface area contributed by atoms with Crippen molar-refractivity contribution in [1.29, 1.82) is 0 Å². The number of nitrogens with zero attached hydrogens (tertiary/aromatic N) is 1. The van der Waals surface area contributed by atoms with Crippen LogP contribution in [0.15, 0.2) is 0 Å². The van der Waals surface area contributed by atoms with E-state index in [-0.39, 0.29) is 12.5 Å². The molecule has 24 heavy (non-hydrogen) atoms. The van der Waals surface area contributed by atoms with Crippen molar-refractivity contribution in [2.45, 2.75) is 69.3 Å². The molecule has 1 N–H and O–H groups in total. The number of carboxylic acids is 1. The minimum Gasteiger partial charge on any atom is -0.481 e. The molecule has 0 unspecified atom stereocenters. The van der Waals surface area contributed by atoms with Crippen molar-refractivity contribution in [3.05, 3.63) is 0 Å². The normalized spacial score (nSPS) is 24.8. The third kappa shape index (κ3) is 4.10. The van der Waals surface area contributed by atoms with E-state index in [1.54, 1.807) is 13.8 Å². The van der Waals surface area contributed by atoms with Gasteiger partial charge in [-0.15, -0.1) is 0 Å². The zero-order valence-corrected chi connectivity index (χ0v) is 15.4. The topological polar surface area (TPSA) is 91.8 Å². The van der Waals surface area contributed by atoms with Gasteiger partial charge in [0.05, 0.1) is 11.2 Å². The second-order valence-corrected chi connectivity index (χ2v) is 9.83. The van der Waals surface area contributed by atoms with Gasteiger partial charge in [0.2, 0.25) is 5.91 Å². The van der Waals surface area contributed by atoms with Gasteiger partial charge in [0.1, 0.15) is 5.25 Å². The number of piperidine rings is 1. The Balaban J connectivity index is 2.20. The van der Waals surface area contributed by atoms with Crippen molar-refractivity contribution < 1.29 is 23.1 Å². The highest BCUT2D eigenvalue weighted by Crippen LogP contribution is 2.30. The fourth-order valence-corrected chi connectivity index (χ4v) is 6.56. The fraction of sp³-hybridized carbons (Fsp3) is 0.882. The molecule has 1 aliphatic heterocycles. The number of carbonyl (C=O) groups excluding carboxylic acids is 1. The number of hydrogen-bond donors (Lipinski definition) is 1. The van der Waals surface area contributed by atoms with Crippen LogP contribution in [-0.2, 0) is 19.4 Å². The summed E-state index contributed by atoms with van der Waals surface area (Å²) in [6.07, 6.45) is 5.27. The van der Waals surface area contributed by atoms with Crippen LogP contribution in [0.2, 0.25) is 0 Å². The molecule has 0 aromatic heterocycles. The van der Waals surface area contributed by atoms with E-state index >= 15 is 0 Å². The molecule has 1 aliphatic carbocycles. The van der Waals surface area contributed by atoms with Crippen LogP contribution in [0.1, 0.15) is 58.8 Å². The molecule has 1 heterocycles. The minimum absolute atomic E-state index is 0.123. The molecule has 0 spiro atoms. The summed E-state index contributed by atoms with van der Waals surface area (Å²) >= 11 is 0. The fourth-order valence-electron chi connectivity index (χ4n) is 3.96. The van der Waals surface area contributed by atoms with Gasteiger partial charge in [-0.3, -0.25) is 9.59 Å². The van der Waals surface area contributed by atoms with Crippen LogP contribution in [0.25, 0.3) is 0 Å². The number of amides is 1. The molecule has 2 aliphatic rings. The van der Waals surface area contributed by atoms with Gasteiger partial charge in [0.15, 0.2) is 9.84 Å². The zero-order chi connectivity index (χ0) is 17.9. The van der Waals surface area contributed by atoms with Crippen LogP contribution in [0, 0.1) is 11.8 Å². The van der Waals surface area contributed by atoms with Crippen molar-refractivity contribution in [2.75, 3.05) is 13.1 Å². The first-order valence-electron chi connectivity index (χ1n) is 8.99. The first-order chi connectivity index (χ1) is 11.2. The predicted octanol–water partition coefficient (Wildman–Crippen LogP) is 2.08. The van der Waals surface area contributed by atoms with Gasteiger partial charge < -0.3 is 10.0 Å². The van der Waals surface area contributed by atoms with Crippen molar-refractivity contribution in [2.24, 2.45) is 11.8 Å². The molecule has 2 fully saturated rings. The van der Waals surface area contributed by atoms with Crippen LogP contribution in [0.3, 0.4) is 0 Å². The number of likely N-dealkylation sites (tertiary alicyclic amines) is 1. The summed E-state index contributed by atoms with van der Waals surface area (Å²) in [5.74, 6) is -2.22. The molecule has 2 atom stereocenters. The molecule has 1 saturated heterocycles. The Kier molecular flexibility index (Phi) is 6.28. The summed E-state index contributed by atoms with van der Waals surface area (Å²) in [7, 11) is -3.55. The molecule has 138 valence electrons. The maximum absolute atomic E-state index is 13.1. The summed E-state index contributed by atoms with van der Waals surface area (Å²) in [6, 6.07) is 0. The second kappa shape index (κ2) is 7.85. The van der Waals surface area contributed by atoms with E-state index in [0.717, 1.165) is 19.3 Å². The number of carbonyl (C=O) groups is 2. The second-order valence-electron chi connectivity index (χ2n) is 7.48. The Bertz CT molecular complexity index is 566. The molecule has 0 radical (unpaired) electrons. The van der Waals surface area contributed by atoms with Gasteiger partial charge in [-0.05, 0) is 31.6 Å². The summed E-state index contributed by atoms with van der Waals surface area (Å²) in [4.78, 5) is 25.6. The number of sulfone groups is 1. The third-order valence-corrected chi connectivity index (χ3v) is 8.16. The highest BCUT2D eigenvalue weighted by Gasteiger charge is 2.44. The SMILES string of the molecule is CC(C)[C@@H](C(=O)N1CCC[C@H](C(=O)O)C1)S(=O)(=O)C1CCCCC1. The van der Waals surface area contributed by atoms with Crippen LogP contribution < -0.4 is 0 Å². The first-order valence-corrected chi connectivity index (χ1v) is 10.6. The van der Waals surface area contributed by atoms with Crippen molar-refractivity contribution in [3.8, 4) is 0 Å². The molecule has 0 aromatic carbocycles. The average molecular weight is 359 g/mol. The lowest BCUT2D eigenvalue weighted by Gasteiger charge is -2.36. The molecule has 1 amide bonds. The van der Waals surface area contributed by atoms with E-state index in [1.807, 2.05) is 0 Å². The van der Waals surface area contributed by atoms with Gasteiger partial charge in [0.25, 0.3) is 0 Å². The Morgan fingerprint density at radius 2 is 1.67 bits per heavy atom. The van der Waals surface area contributed by atoms with Gasteiger partial charge >= 0.3 is 5.97 Å². The maximum Gasteiger partial charge on any atom is 0.308 e. The van der Waals surface area contributed by atoms with Crippen LogP contribution in [-0.4, -0.2) is 53.9 Å². The summed E-state index contributed by atoms with van der Waals surface area (Å²) in [5, 5.41) is 7.72. The van der Waals surface area contributed by atoms with Crippen molar-refractivity contribution in [3.63, 3.8) is 0 Å². The van der Waals surface area contributed by atoms with Gasteiger partial charge in [-0.2, -0.15) is 0 Å². The molecule has 1 saturated carbocycles. The Hall–Kier alpha value is -1.11. The number of hydrogen-bond acceptors (Lipinski definition) is 4. The van der Waals surface area contributed by atoms with E-state index in [0.29, 0.717) is 32.2 Å². The van der Waals surface area contributed by atoms with E-state index in [1.165, 1.54) is 4.90 Å². The molecule has 6 nitrogen and oxygen atoms in total. The predicted molar refractivity (Wildman–Crippen MR) is 91.4 cm³/mol. The average Bonchev–Trinajstić information content (AvgIpc) is 2.55. The molecule has 2 rings (SSSR count). The largest absolute Gasteiger partial charge is 0.481 e. The lowest BCUT2D eigenvalue weighted by atomic mass is 9.97. The standard InChI is InChI=1S/C17H29NO5S/c1-12(2)15(24(22,23)14-8-4-3-5-9-14)16(19)18-10-6-7-13(11-18)17(20)21/h12-15H,3-11H2,1-2H3,(H,20,21)/t13-,15-/m0/s1. The van der Waals surface area contributed by atoms with E-state index < -0.39 is 38.1 Å². The third-order valence-electron chi connectivity index (χ3n) is 5.30. The summed E-state index contributed by atoms with van der Waals surface area (Å²) in [5.41, 5.74) is 0. The number of carboxylic acid groups (broad SMARTS) is 1. The molecular formula is C17H29NO5S. The monoisotopic (exact) mass is 359 g/mol. The van der Waals surface area contributed by atoms with Crippen LogP contribution >= 0.6 is 0 Å². The maximum atomic E-state index is 13.1. The van der Waals surface area contributed by atoms with Gasteiger partial charge in [0, 0.05) is 13.1 Å². The number of aliphatic carboxylic acids is 1. The highest BCUT2D eigenvalue weighted by molar-refractivity contribution is 7.93. The van der Waals surface area contributed by atoms with Crippen molar-refractivity contribution >= 4 is 21.7 Å². The van der Waals surface area contributed by atoms with Crippen molar-refractivity contribution in [1.82, 2.24) is 4.90 Å². The highest BCUT2D eigenvalue weighted by atomic mass is 32.2. The smallest absolute Gasteiger partial charge is 0.308 e. The zero-order valence-electron chi connectivity index (χ0n) is 14.6. The Morgan fingerprint density at radius 3 is 2.21 bits per heavy atom. The molecular weight excluding hydrogens is 330 g/mol. The van der Waals surface area contributed by atoms with Gasteiger partial charge in [-0.25, -0.2) is 8.42 Å². The molecule has 0 bridgehead atoms. The summed E-state index contributed by atoms with van der Waals surface area (Å²) < 4.78 is 26.1. The van der Waals surface area contributed by atoms with E-state index in [9.17, 15) is 23.1 Å². The quantitative estimate of drug-likeness (QED) is 0.811. The lowest BCUT2D eigenvalue weighted by molar-refractivity contribution is -0.145. The van der Waals surface area contributed by atoms with E-state index in [4.69, 9.17) is 0 Å². The van der Waals surface area contributed by atoms with E-state index in [2.05, 4.69) is 0 Å². The molecule has 0 aromatic rings. The molecule has 7 heteroatoms. The lowest BCUT2D eigenvalue weighted by Crippen LogP contribution is -2.52. The van der Waals surface area contributed by atoms with Crippen LogP contribution in [0.5, 0.6) is 0 Å². The van der Waals surface area contributed by atoms with Crippen LogP contribution in [0.4, 0.5) is 0 Å². The minimum atomic E-state index is -3.55. The summed E-state index contributed by atoms with van der Waals surface area (Å²) in [6.45, 7) is 4.10. The Labute approximate surface area is 144 Å².